The molecule has 0 rings (SSSR count). The maximum absolute atomic E-state index is 13.1. The van der Waals surface area contributed by atoms with Gasteiger partial charge in [0.15, 0.2) is 12.2 Å². The van der Waals surface area contributed by atoms with Crippen LogP contribution < -0.4 is 0 Å². The number of ether oxygens (including phenoxy) is 4. The highest BCUT2D eigenvalue weighted by Crippen LogP contribution is 2.45. The lowest BCUT2D eigenvalue weighted by Gasteiger charge is -2.21. The molecule has 0 fully saturated rings. The van der Waals surface area contributed by atoms with Crippen LogP contribution in [-0.4, -0.2) is 96.7 Å². The average Bonchev–Trinajstić information content (AvgIpc) is 1.04. The van der Waals surface area contributed by atoms with Gasteiger partial charge in [-0.1, -0.05) is 295 Å². The summed E-state index contributed by atoms with van der Waals surface area (Å²) in [5, 5.41) is 10.6. The molecule has 0 saturated carbocycles. The molecule has 0 aromatic heterocycles. The minimum absolute atomic E-state index is 0.0946. The molecular weight excluding hydrogens is 1280 g/mol. The molecule has 2 unspecified atom stereocenters. The Labute approximate surface area is 598 Å². The van der Waals surface area contributed by atoms with Gasteiger partial charge in [0, 0.05) is 25.7 Å². The third-order valence-electron chi connectivity index (χ3n) is 17.6. The molecule has 0 aliphatic heterocycles. The first-order chi connectivity index (χ1) is 47.7. The van der Waals surface area contributed by atoms with Crippen molar-refractivity contribution in [3.05, 3.63) is 36.5 Å². The van der Waals surface area contributed by atoms with Crippen molar-refractivity contribution in [3.63, 3.8) is 0 Å². The summed E-state index contributed by atoms with van der Waals surface area (Å²) >= 11 is 0. The van der Waals surface area contributed by atoms with Gasteiger partial charge < -0.3 is 33.8 Å². The van der Waals surface area contributed by atoms with Crippen molar-refractivity contribution in [1.29, 1.82) is 0 Å². The number of carbonyl (C=O) groups is 4. The molecule has 0 heterocycles. The summed E-state index contributed by atoms with van der Waals surface area (Å²) in [5.74, 6) is -2.15. The summed E-state index contributed by atoms with van der Waals surface area (Å²) in [6, 6.07) is 0. The second-order valence-electron chi connectivity index (χ2n) is 27.4. The van der Waals surface area contributed by atoms with Gasteiger partial charge in [0.2, 0.25) is 0 Å². The molecule has 3 N–H and O–H groups in total. The van der Waals surface area contributed by atoms with Gasteiger partial charge in [-0.05, 0) is 103 Å². The lowest BCUT2D eigenvalue weighted by molar-refractivity contribution is -0.161. The number of phosphoric ester groups is 2. The standard InChI is InChI=1S/C79H148O17P2/c1-5-9-13-17-21-25-29-33-36-40-44-48-52-56-60-64-77(82)90-70-75(96-79(84)66-62-58-54-50-46-42-38-35-31-27-23-19-15-11-7-3)72-94-98(87,88)92-68-73(80)67-91-97(85,86)93-71-74(69-89-76(81)63-59-55-51-47-43-39-32-28-24-20-16-12-8-4)95-78(83)65-61-57-53-49-45-41-37-34-30-26-22-18-14-10-6-2/h27-28,31-33,36,73-75,80H,5-26,29-30,34-35,37-72H2,1-4H3,(H,85,86)(H,87,88)/b31-27-,32-28-,36-33-/t73-,74+,75+/m0/s1. The molecule has 576 valence electrons. The zero-order valence-corrected chi connectivity index (χ0v) is 64.8. The first kappa shape index (κ1) is 95.3. The van der Waals surface area contributed by atoms with Crippen molar-refractivity contribution in [2.45, 2.75) is 406 Å². The van der Waals surface area contributed by atoms with E-state index in [1.54, 1.807) is 0 Å². The maximum Gasteiger partial charge on any atom is 0.472 e. The third-order valence-corrected chi connectivity index (χ3v) is 19.5. The van der Waals surface area contributed by atoms with Crippen LogP contribution in [0.25, 0.3) is 0 Å². The Hall–Kier alpha value is -2.72. The Morgan fingerprint density at radius 2 is 0.469 bits per heavy atom. The molecule has 0 aromatic rings. The van der Waals surface area contributed by atoms with Crippen LogP contribution in [0.1, 0.15) is 387 Å². The maximum atomic E-state index is 13.1. The molecule has 0 aliphatic rings. The lowest BCUT2D eigenvalue weighted by Crippen LogP contribution is -2.30. The molecule has 0 bridgehead atoms. The minimum atomic E-state index is -4.97. The van der Waals surface area contributed by atoms with Crippen LogP contribution in [0.3, 0.4) is 0 Å². The zero-order chi connectivity index (χ0) is 71.8. The molecule has 0 aromatic carbocycles. The SMILES string of the molecule is CCCCCC/C=C\CCCCCCCCCC(=O)O[C@H](COC(=O)CCCCCCC/C=C\CCCCCCCC)COP(=O)(O)OC[C@@H](O)COP(=O)(O)OC[C@@H](COC(=O)CCCCCCC/C=C\CCCCCC)OC(=O)CCCCCCCCCCCCCCCCC. The van der Waals surface area contributed by atoms with Crippen molar-refractivity contribution in [1.82, 2.24) is 0 Å². The van der Waals surface area contributed by atoms with Gasteiger partial charge in [0.05, 0.1) is 26.4 Å². The molecule has 0 aliphatic carbocycles. The number of hydrogen-bond acceptors (Lipinski definition) is 15. The highest BCUT2D eigenvalue weighted by atomic mass is 31.2. The monoisotopic (exact) mass is 1430 g/mol. The molecule has 98 heavy (non-hydrogen) atoms. The number of aliphatic hydroxyl groups is 1. The number of aliphatic hydroxyl groups excluding tert-OH is 1. The largest absolute Gasteiger partial charge is 0.472 e. The Morgan fingerprint density at radius 3 is 0.714 bits per heavy atom. The first-order valence-electron chi connectivity index (χ1n) is 40.2. The van der Waals surface area contributed by atoms with E-state index in [1.165, 1.54) is 154 Å². The first-order valence-corrected chi connectivity index (χ1v) is 43.2. The van der Waals surface area contributed by atoms with E-state index in [2.05, 4.69) is 64.2 Å². The van der Waals surface area contributed by atoms with Gasteiger partial charge in [-0.2, -0.15) is 0 Å². The van der Waals surface area contributed by atoms with Gasteiger partial charge in [-0.3, -0.25) is 37.3 Å². The van der Waals surface area contributed by atoms with Crippen LogP contribution in [-0.2, 0) is 65.4 Å². The molecule has 19 heteroatoms. The van der Waals surface area contributed by atoms with Gasteiger partial charge in [0.1, 0.15) is 19.3 Å². The van der Waals surface area contributed by atoms with E-state index in [-0.39, 0.29) is 25.7 Å². The average molecular weight is 1430 g/mol. The predicted molar refractivity (Wildman–Crippen MR) is 400 cm³/mol. The molecule has 5 atom stereocenters. The Bertz CT molecular complexity index is 2000. The highest BCUT2D eigenvalue weighted by Gasteiger charge is 2.30. The summed E-state index contributed by atoms with van der Waals surface area (Å²) < 4.78 is 68.6. The van der Waals surface area contributed by atoms with Crippen molar-refractivity contribution in [2.75, 3.05) is 39.6 Å². The summed E-state index contributed by atoms with van der Waals surface area (Å²) in [7, 11) is -9.93. The fourth-order valence-electron chi connectivity index (χ4n) is 11.4. The fourth-order valence-corrected chi connectivity index (χ4v) is 13.0. The number of phosphoric acid groups is 2. The second kappa shape index (κ2) is 72.6. The quantitative estimate of drug-likeness (QED) is 0.0169. The molecule has 17 nitrogen and oxygen atoms in total. The smallest absolute Gasteiger partial charge is 0.462 e. The molecule has 0 saturated heterocycles. The number of hydrogen-bond donors (Lipinski definition) is 3. The van der Waals surface area contributed by atoms with Crippen LogP contribution in [0.15, 0.2) is 36.5 Å². The van der Waals surface area contributed by atoms with E-state index < -0.39 is 97.5 Å². The third kappa shape index (κ3) is 71.7. The van der Waals surface area contributed by atoms with Crippen LogP contribution in [0.5, 0.6) is 0 Å². The zero-order valence-electron chi connectivity index (χ0n) is 63.0. The predicted octanol–water partition coefficient (Wildman–Crippen LogP) is 23.1. The van der Waals surface area contributed by atoms with Crippen molar-refractivity contribution in [3.8, 4) is 0 Å². The number of carbonyl (C=O) groups excluding carboxylic acids is 4. The van der Waals surface area contributed by atoms with Crippen molar-refractivity contribution >= 4 is 39.5 Å². The van der Waals surface area contributed by atoms with E-state index in [1.807, 2.05) is 0 Å². The van der Waals surface area contributed by atoms with E-state index in [9.17, 15) is 43.2 Å². The number of unbranched alkanes of at least 4 members (excludes halogenated alkanes) is 45. The lowest BCUT2D eigenvalue weighted by atomic mass is 10.0. The van der Waals surface area contributed by atoms with E-state index in [0.717, 1.165) is 154 Å². The van der Waals surface area contributed by atoms with E-state index in [0.29, 0.717) is 25.7 Å². The topological polar surface area (TPSA) is 237 Å². The number of esters is 4. The number of rotatable bonds is 77. The summed E-state index contributed by atoms with van der Waals surface area (Å²) in [6.07, 6.45) is 68.3. The van der Waals surface area contributed by atoms with Crippen molar-refractivity contribution < 1.29 is 80.2 Å². The van der Waals surface area contributed by atoms with Gasteiger partial charge in [0.25, 0.3) is 0 Å². The van der Waals surface area contributed by atoms with E-state index >= 15 is 0 Å². The van der Waals surface area contributed by atoms with E-state index in [4.69, 9.17) is 37.0 Å². The van der Waals surface area contributed by atoms with Crippen LogP contribution >= 0.6 is 15.6 Å². The van der Waals surface area contributed by atoms with Crippen LogP contribution in [0, 0.1) is 0 Å². The number of allylic oxidation sites excluding steroid dienone is 6. The Kier molecular flexibility index (Phi) is 70.6. The second-order valence-corrected chi connectivity index (χ2v) is 30.3. The fraction of sp³-hybridized carbons (Fsp3) is 0.873. The highest BCUT2D eigenvalue weighted by molar-refractivity contribution is 7.47. The Balaban J connectivity index is 5.31. The summed E-state index contributed by atoms with van der Waals surface area (Å²) in [4.78, 5) is 72.9. The molecule has 0 spiro atoms. The van der Waals surface area contributed by atoms with Crippen LogP contribution in [0.4, 0.5) is 0 Å². The minimum Gasteiger partial charge on any atom is -0.462 e. The molecular formula is C79H148O17P2. The van der Waals surface area contributed by atoms with Crippen molar-refractivity contribution in [2.24, 2.45) is 0 Å². The van der Waals surface area contributed by atoms with Gasteiger partial charge >= 0.3 is 39.5 Å². The Morgan fingerprint density at radius 1 is 0.276 bits per heavy atom. The van der Waals surface area contributed by atoms with Gasteiger partial charge in [-0.25, -0.2) is 9.13 Å². The summed E-state index contributed by atoms with van der Waals surface area (Å²) in [5.41, 5.74) is 0. The van der Waals surface area contributed by atoms with Gasteiger partial charge in [-0.15, -0.1) is 0 Å². The molecule has 0 amide bonds. The molecule has 0 radical (unpaired) electrons. The normalized spacial score (nSPS) is 14.1. The summed E-state index contributed by atoms with van der Waals surface area (Å²) in [6.45, 7) is 4.91. The van der Waals surface area contributed by atoms with Crippen LogP contribution in [0.2, 0.25) is 0 Å².